The predicted molar refractivity (Wildman–Crippen MR) is 112 cm³/mol. The van der Waals surface area contributed by atoms with E-state index in [4.69, 9.17) is 14.2 Å². The second-order valence-electron chi connectivity index (χ2n) is 7.46. The molecule has 1 atom stereocenters. The van der Waals surface area contributed by atoms with Gasteiger partial charge in [0.05, 0.1) is 14.2 Å². The molecule has 0 aromatic heterocycles. The minimum atomic E-state index is -0.585. The van der Waals surface area contributed by atoms with Gasteiger partial charge < -0.3 is 19.5 Å². The highest BCUT2D eigenvalue weighted by atomic mass is 19.1. The number of rotatable bonds is 8. The van der Waals surface area contributed by atoms with Crippen molar-refractivity contribution in [2.24, 2.45) is 0 Å². The van der Waals surface area contributed by atoms with E-state index in [1.54, 1.807) is 44.4 Å². The fourth-order valence-electron chi connectivity index (χ4n) is 3.53. The summed E-state index contributed by atoms with van der Waals surface area (Å²) in [7, 11) is 3.06. The Bertz CT molecular complexity index is 836. The first-order valence-corrected chi connectivity index (χ1v) is 10.1. The summed E-state index contributed by atoms with van der Waals surface area (Å²) in [5.41, 5.74) is 0.914. The molecule has 1 heterocycles. The zero-order valence-electron chi connectivity index (χ0n) is 17.7. The zero-order valence-corrected chi connectivity index (χ0v) is 17.7. The van der Waals surface area contributed by atoms with Gasteiger partial charge in [-0.2, -0.15) is 0 Å². The van der Waals surface area contributed by atoms with E-state index in [-0.39, 0.29) is 23.5 Å². The van der Waals surface area contributed by atoms with Crippen molar-refractivity contribution in [2.75, 3.05) is 27.3 Å². The highest BCUT2D eigenvalue weighted by Gasteiger charge is 2.24. The topological polar surface area (TPSA) is 60.0 Å². The van der Waals surface area contributed by atoms with Crippen LogP contribution in [0.4, 0.5) is 4.39 Å². The average molecular weight is 416 g/mol. The Labute approximate surface area is 176 Å². The van der Waals surface area contributed by atoms with Crippen molar-refractivity contribution >= 4 is 5.91 Å². The fourth-order valence-corrected chi connectivity index (χ4v) is 3.53. The van der Waals surface area contributed by atoms with Crippen LogP contribution >= 0.6 is 0 Å². The number of likely N-dealkylation sites (tertiary alicyclic amines) is 1. The van der Waals surface area contributed by atoms with Crippen LogP contribution in [-0.2, 0) is 11.3 Å². The molecule has 3 rings (SSSR count). The van der Waals surface area contributed by atoms with E-state index < -0.39 is 6.10 Å². The lowest BCUT2D eigenvalue weighted by Gasteiger charge is -2.33. The smallest absolute Gasteiger partial charge is 0.260 e. The molecule has 1 aliphatic heterocycles. The Morgan fingerprint density at radius 2 is 1.77 bits per heavy atom. The average Bonchev–Trinajstić information content (AvgIpc) is 2.75. The molecule has 162 valence electrons. The number of halogens is 1. The summed E-state index contributed by atoms with van der Waals surface area (Å²) in [5, 5.41) is 3.08. The molecule has 1 aliphatic rings. The first kappa shape index (κ1) is 21.9. The molecule has 7 heteroatoms. The molecule has 0 radical (unpaired) electrons. The molecule has 0 saturated carbocycles. The quantitative estimate of drug-likeness (QED) is 0.715. The Hall–Kier alpha value is -2.80. The van der Waals surface area contributed by atoms with E-state index in [0.717, 1.165) is 37.2 Å². The van der Waals surface area contributed by atoms with Crippen LogP contribution in [0.1, 0.15) is 25.3 Å². The molecule has 30 heavy (non-hydrogen) atoms. The summed E-state index contributed by atoms with van der Waals surface area (Å²) >= 11 is 0. The molecule has 2 aromatic carbocycles. The molecule has 0 bridgehead atoms. The van der Waals surface area contributed by atoms with Crippen LogP contribution in [0.15, 0.2) is 42.5 Å². The van der Waals surface area contributed by atoms with Crippen LogP contribution in [0.5, 0.6) is 17.2 Å². The molecular formula is C23H29FN2O4. The van der Waals surface area contributed by atoms with Crippen LogP contribution < -0.4 is 19.5 Å². The van der Waals surface area contributed by atoms with E-state index in [1.807, 2.05) is 6.07 Å². The van der Waals surface area contributed by atoms with Gasteiger partial charge in [-0.15, -0.1) is 0 Å². The summed E-state index contributed by atoms with van der Waals surface area (Å²) in [6.45, 7) is 4.10. The fraction of sp³-hybridized carbons (Fsp3) is 0.435. The molecule has 1 amide bonds. The maximum Gasteiger partial charge on any atom is 0.260 e. The second kappa shape index (κ2) is 10.3. The molecular weight excluding hydrogens is 387 g/mol. The minimum absolute atomic E-state index is 0.114. The number of benzene rings is 2. The molecule has 2 aromatic rings. The van der Waals surface area contributed by atoms with E-state index in [2.05, 4.69) is 10.2 Å². The van der Waals surface area contributed by atoms with Crippen LogP contribution in [0.2, 0.25) is 0 Å². The second-order valence-corrected chi connectivity index (χ2v) is 7.46. The van der Waals surface area contributed by atoms with Crippen LogP contribution in [-0.4, -0.2) is 50.3 Å². The number of ether oxygens (including phenoxy) is 3. The molecule has 1 unspecified atom stereocenters. The van der Waals surface area contributed by atoms with Gasteiger partial charge in [0.2, 0.25) is 0 Å². The van der Waals surface area contributed by atoms with Crippen LogP contribution in [0.3, 0.4) is 0 Å². The van der Waals surface area contributed by atoms with Crippen molar-refractivity contribution in [1.82, 2.24) is 10.2 Å². The van der Waals surface area contributed by atoms with Gasteiger partial charge in [-0.25, -0.2) is 4.39 Å². The number of nitrogens with zero attached hydrogens (tertiary/aromatic N) is 1. The van der Waals surface area contributed by atoms with Crippen molar-refractivity contribution in [3.63, 3.8) is 0 Å². The van der Waals surface area contributed by atoms with Gasteiger partial charge in [0, 0.05) is 25.7 Å². The molecule has 0 aliphatic carbocycles. The molecule has 6 nitrogen and oxygen atoms in total. The van der Waals surface area contributed by atoms with Crippen molar-refractivity contribution in [2.45, 2.75) is 38.5 Å². The highest BCUT2D eigenvalue weighted by Crippen LogP contribution is 2.21. The number of methoxy groups -OCH3 is 2. The third-order valence-electron chi connectivity index (χ3n) is 5.30. The first-order chi connectivity index (χ1) is 14.5. The van der Waals surface area contributed by atoms with Gasteiger partial charge in [0.1, 0.15) is 11.5 Å². The van der Waals surface area contributed by atoms with Crippen LogP contribution in [0.25, 0.3) is 0 Å². The third-order valence-corrected chi connectivity index (χ3v) is 5.30. The van der Waals surface area contributed by atoms with Gasteiger partial charge in [0.25, 0.3) is 5.91 Å². The summed E-state index contributed by atoms with van der Waals surface area (Å²) in [4.78, 5) is 14.7. The number of amides is 1. The lowest BCUT2D eigenvalue weighted by atomic mass is 10.0. The van der Waals surface area contributed by atoms with Crippen molar-refractivity contribution in [3.05, 3.63) is 53.8 Å². The summed E-state index contributed by atoms with van der Waals surface area (Å²) in [6.07, 6.45) is 1.11. The molecule has 1 fully saturated rings. The Kier molecular flexibility index (Phi) is 7.52. The van der Waals surface area contributed by atoms with E-state index in [1.165, 1.54) is 13.2 Å². The van der Waals surface area contributed by atoms with Crippen LogP contribution in [0, 0.1) is 5.82 Å². The standard InChI is InChI=1S/C23H29FN2O4/c1-16(30-20-7-5-19(28-2)6-8-20)23(27)25-18-10-12-26(13-11-18)15-17-4-9-22(29-3)21(24)14-17/h4-9,14,16,18H,10-13,15H2,1-3H3,(H,25,27). The summed E-state index contributed by atoms with van der Waals surface area (Å²) < 4.78 is 29.7. The van der Waals surface area contributed by atoms with Crippen molar-refractivity contribution in [3.8, 4) is 17.2 Å². The Morgan fingerprint density at radius 3 is 2.37 bits per heavy atom. The normalized spacial score (nSPS) is 16.0. The summed E-state index contributed by atoms with van der Waals surface area (Å²) in [5.74, 6) is 1.15. The largest absolute Gasteiger partial charge is 0.497 e. The van der Waals surface area contributed by atoms with Gasteiger partial charge in [-0.3, -0.25) is 9.69 Å². The molecule has 0 spiro atoms. The maximum absolute atomic E-state index is 13.9. The predicted octanol–water partition coefficient (Wildman–Crippen LogP) is 3.39. The van der Waals surface area contributed by atoms with Gasteiger partial charge in [0.15, 0.2) is 17.7 Å². The molecule has 1 saturated heterocycles. The number of hydrogen-bond donors (Lipinski definition) is 1. The van der Waals surface area contributed by atoms with Crippen molar-refractivity contribution in [1.29, 1.82) is 0 Å². The van der Waals surface area contributed by atoms with E-state index >= 15 is 0 Å². The maximum atomic E-state index is 13.9. The van der Waals surface area contributed by atoms with E-state index in [0.29, 0.717) is 12.3 Å². The zero-order chi connectivity index (χ0) is 21.5. The number of piperidine rings is 1. The SMILES string of the molecule is COc1ccc(OC(C)C(=O)NC2CCN(Cc3ccc(OC)c(F)c3)CC2)cc1. The monoisotopic (exact) mass is 416 g/mol. The number of nitrogens with one attached hydrogen (secondary N) is 1. The Morgan fingerprint density at radius 1 is 1.10 bits per heavy atom. The number of carbonyl (C=O) groups excluding carboxylic acids is 1. The van der Waals surface area contributed by atoms with Gasteiger partial charge in [-0.05, 0) is 61.7 Å². The first-order valence-electron chi connectivity index (χ1n) is 10.1. The van der Waals surface area contributed by atoms with Gasteiger partial charge >= 0.3 is 0 Å². The minimum Gasteiger partial charge on any atom is -0.497 e. The number of carbonyl (C=O) groups is 1. The van der Waals surface area contributed by atoms with E-state index in [9.17, 15) is 9.18 Å². The number of hydrogen-bond acceptors (Lipinski definition) is 5. The van der Waals surface area contributed by atoms with Gasteiger partial charge in [-0.1, -0.05) is 6.07 Å². The summed E-state index contributed by atoms with van der Waals surface area (Å²) in [6, 6.07) is 12.3. The lowest BCUT2D eigenvalue weighted by Crippen LogP contribution is -2.47. The highest BCUT2D eigenvalue weighted by molar-refractivity contribution is 5.81. The Balaban J connectivity index is 1.43. The molecule has 1 N–H and O–H groups in total. The van der Waals surface area contributed by atoms with Crippen molar-refractivity contribution < 1.29 is 23.4 Å². The third kappa shape index (κ3) is 5.86. The lowest BCUT2D eigenvalue weighted by molar-refractivity contribution is -0.128.